The van der Waals surface area contributed by atoms with Gasteiger partial charge in [-0.1, -0.05) is 81.4 Å². The van der Waals surface area contributed by atoms with Crippen LogP contribution in [0.5, 0.6) is 11.5 Å². The van der Waals surface area contributed by atoms with Gasteiger partial charge < -0.3 is 14.8 Å². The molecule has 1 aliphatic rings. The maximum absolute atomic E-state index is 13.3. The van der Waals surface area contributed by atoms with E-state index >= 15 is 0 Å². The fourth-order valence-corrected chi connectivity index (χ4v) is 5.71. The lowest BCUT2D eigenvalue weighted by molar-refractivity contribution is -0.127. The minimum absolute atomic E-state index is 0.0716. The number of anilines is 1. The lowest BCUT2D eigenvalue weighted by Crippen LogP contribution is -2.51. The molecule has 0 fully saturated rings. The Hall–Kier alpha value is -3.52. The topological polar surface area (TPSA) is 84.9 Å². The summed E-state index contributed by atoms with van der Waals surface area (Å²) in [5.74, 6) is 0.575. The second kappa shape index (κ2) is 10.6. The van der Waals surface area contributed by atoms with Crippen LogP contribution in [-0.4, -0.2) is 40.1 Å². The molecule has 0 aliphatic carbocycles. The van der Waals surface area contributed by atoms with Crippen LogP contribution >= 0.6 is 0 Å². The fraction of sp³-hybridized carbons (Fsp3) is 0.321. The number of hydrogen-bond acceptors (Lipinski definition) is 5. The molecule has 8 heteroatoms. The summed E-state index contributed by atoms with van der Waals surface area (Å²) in [7, 11) is -3.75. The Morgan fingerprint density at radius 3 is 2.42 bits per heavy atom. The number of ether oxygens (including phenoxy) is 2. The zero-order chi connectivity index (χ0) is 25.8. The van der Waals surface area contributed by atoms with E-state index in [0.717, 1.165) is 11.3 Å². The van der Waals surface area contributed by atoms with Crippen LogP contribution < -0.4 is 19.1 Å². The predicted octanol–water partition coefficient (Wildman–Crippen LogP) is 4.28. The number of benzene rings is 3. The van der Waals surface area contributed by atoms with Crippen LogP contribution in [0.25, 0.3) is 0 Å². The first kappa shape index (κ1) is 25.6. The molecule has 0 aromatic heterocycles. The lowest BCUT2D eigenvalue weighted by atomic mass is 9.86. The van der Waals surface area contributed by atoms with Gasteiger partial charge in [-0.2, -0.15) is 0 Å². The van der Waals surface area contributed by atoms with Crippen LogP contribution in [0.15, 0.2) is 78.9 Å². The molecule has 190 valence electrons. The smallest absolute Gasteiger partial charge is 0.263 e. The molecule has 3 aromatic rings. The SMILES string of the molecule is CC(C)(C)c1ccccc1OCCNC(=O)[C@H]1CN(S(=O)(=O)Cc2ccccc2)c2ccccc2O1. The molecule has 36 heavy (non-hydrogen) atoms. The third kappa shape index (κ3) is 5.99. The quantitative estimate of drug-likeness (QED) is 0.459. The molecular weight excluding hydrogens is 476 g/mol. The van der Waals surface area contributed by atoms with Gasteiger partial charge in [0.1, 0.15) is 18.1 Å². The van der Waals surface area contributed by atoms with Crippen molar-refractivity contribution in [3.05, 3.63) is 90.0 Å². The highest BCUT2D eigenvalue weighted by Gasteiger charge is 2.36. The number of nitrogens with one attached hydrogen (secondary N) is 1. The molecule has 4 rings (SSSR count). The Morgan fingerprint density at radius 1 is 1.00 bits per heavy atom. The first-order valence-electron chi connectivity index (χ1n) is 12.0. The number of carbonyl (C=O) groups excluding carboxylic acids is 1. The monoisotopic (exact) mass is 508 g/mol. The first-order valence-corrected chi connectivity index (χ1v) is 13.6. The minimum atomic E-state index is -3.75. The Bertz CT molecular complexity index is 1300. The van der Waals surface area contributed by atoms with Gasteiger partial charge >= 0.3 is 0 Å². The minimum Gasteiger partial charge on any atom is -0.491 e. The van der Waals surface area contributed by atoms with Crippen molar-refractivity contribution in [2.75, 3.05) is 24.0 Å². The predicted molar refractivity (Wildman–Crippen MR) is 141 cm³/mol. The zero-order valence-corrected chi connectivity index (χ0v) is 21.6. The zero-order valence-electron chi connectivity index (χ0n) is 20.8. The standard InChI is InChI=1S/C28H32N2O5S/c1-28(2,3)22-13-7-9-15-24(22)34-18-17-29-27(31)26-19-30(23-14-8-10-16-25(23)35-26)36(32,33)20-21-11-5-4-6-12-21/h4-16,26H,17-20H2,1-3H3,(H,29,31)/t26-/m1/s1. The Balaban J connectivity index is 1.42. The van der Waals surface area contributed by atoms with Gasteiger partial charge in [0.25, 0.3) is 5.91 Å². The number of hydrogen-bond donors (Lipinski definition) is 1. The van der Waals surface area contributed by atoms with Gasteiger partial charge in [-0.3, -0.25) is 9.10 Å². The third-order valence-corrected chi connectivity index (χ3v) is 7.62. The normalized spacial score (nSPS) is 15.5. The molecular formula is C28H32N2O5S. The van der Waals surface area contributed by atoms with Gasteiger partial charge in [0.05, 0.1) is 24.5 Å². The number of fused-ring (bicyclic) bond motifs is 1. The largest absolute Gasteiger partial charge is 0.491 e. The molecule has 3 aromatic carbocycles. The number of para-hydroxylation sites is 3. The second-order valence-corrected chi connectivity index (χ2v) is 11.6. The van der Waals surface area contributed by atoms with Gasteiger partial charge in [0, 0.05) is 0 Å². The molecule has 0 bridgehead atoms. The van der Waals surface area contributed by atoms with E-state index in [9.17, 15) is 13.2 Å². The number of sulfonamides is 1. The van der Waals surface area contributed by atoms with Gasteiger partial charge in [-0.25, -0.2) is 8.42 Å². The van der Waals surface area contributed by atoms with Crippen molar-refractivity contribution in [2.24, 2.45) is 0 Å². The molecule has 1 N–H and O–H groups in total. The second-order valence-electron chi connectivity index (χ2n) is 9.73. The highest BCUT2D eigenvalue weighted by molar-refractivity contribution is 7.92. The summed E-state index contributed by atoms with van der Waals surface area (Å²) in [5, 5.41) is 2.82. The van der Waals surface area contributed by atoms with Crippen LogP contribution in [0.3, 0.4) is 0 Å². The molecule has 1 aliphatic heterocycles. The van der Waals surface area contributed by atoms with Crippen molar-refractivity contribution in [3.63, 3.8) is 0 Å². The molecule has 7 nitrogen and oxygen atoms in total. The molecule has 0 saturated heterocycles. The summed E-state index contributed by atoms with van der Waals surface area (Å²) < 4.78 is 39.8. The van der Waals surface area contributed by atoms with Crippen molar-refractivity contribution in [1.82, 2.24) is 5.32 Å². The highest BCUT2D eigenvalue weighted by Crippen LogP contribution is 2.36. The van der Waals surface area contributed by atoms with Crippen LogP contribution in [0.4, 0.5) is 5.69 Å². The van der Waals surface area contributed by atoms with Crippen LogP contribution in [-0.2, 0) is 26.0 Å². The molecule has 0 saturated carbocycles. The average molecular weight is 509 g/mol. The summed E-state index contributed by atoms with van der Waals surface area (Å²) in [5.41, 5.74) is 2.12. The van der Waals surface area contributed by atoms with E-state index in [-0.39, 0.29) is 30.9 Å². The molecule has 1 amide bonds. The van der Waals surface area contributed by atoms with Crippen molar-refractivity contribution in [2.45, 2.75) is 38.0 Å². The van der Waals surface area contributed by atoms with E-state index in [1.54, 1.807) is 48.5 Å². The fourth-order valence-electron chi connectivity index (χ4n) is 4.13. The number of rotatable bonds is 8. The number of nitrogens with zero attached hydrogens (tertiary/aromatic N) is 1. The van der Waals surface area contributed by atoms with Gasteiger partial charge in [-0.15, -0.1) is 0 Å². The molecule has 0 radical (unpaired) electrons. The van der Waals surface area contributed by atoms with Gasteiger partial charge in [0.15, 0.2) is 6.10 Å². The van der Waals surface area contributed by atoms with E-state index in [4.69, 9.17) is 9.47 Å². The van der Waals surface area contributed by atoms with E-state index in [1.165, 1.54) is 4.31 Å². The highest BCUT2D eigenvalue weighted by atomic mass is 32.2. The maximum Gasteiger partial charge on any atom is 0.263 e. The van der Waals surface area contributed by atoms with Crippen molar-refractivity contribution in [3.8, 4) is 11.5 Å². The molecule has 1 heterocycles. The lowest BCUT2D eigenvalue weighted by Gasteiger charge is -2.34. The van der Waals surface area contributed by atoms with E-state index in [0.29, 0.717) is 17.0 Å². The summed E-state index contributed by atoms with van der Waals surface area (Å²) in [6, 6.07) is 23.7. The van der Waals surface area contributed by atoms with Crippen molar-refractivity contribution >= 4 is 21.6 Å². The Labute approximate surface area is 213 Å². The third-order valence-electron chi connectivity index (χ3n) is 5.91. The van der Waals surface area contributed by atoms with Crippen LogP contribution in [0, 0.1) is 0 Å². The average Bonchev–Trinajstić information content (AvgIpc) is 2.85. The van der Waals surface area contributed by atoms with Gasteiger partial charge in [0.2, 0.25) is 10.0 Å². The van der Waals surface area contributed by atoms with Crippen LogP contribution in [0.2, 0.25) is 0 Å². The summed E-state index contributed by atoms with van der Waals surface area (Å²) in [4.78, 5) is 13.0. The number of amides is 1. The summed E-state index contributed by atoms with van der Waals surface area (Å²) in [6.45, 7) is 6.78. The van der Waals surface area contributed by atoms with E-state index in [1.807, 2.05) is 30.3 Å². The van der Waals surface area contributed by atoms with Crippen molar-refractivity contribution < 1.29 is 22.7 Å². The molecule has 0 spiro atoms. The van der Waals surface area contributed by atoms with E-state index in [2.05, 4.69) is 26.1 Å². The summed E-state index contributed by atoms with van der Waals surface area (Å²) >= 11 is 0. The Morgan fingerprint density at radius 2 is 1.67 bits per heavy atom. The molecule has 0 unspecified atom stereocenters. The first-order chi connectivity index (χ1) is 17.1. The van der Waals surface area contributed by atoms with Crippen molar-refractivity contribution in [1.29, 1.82) is 0 Å². The number of carbonyl (C=O) groups is 1. The summed E-state index contributed by atoms with van der Waals surface area (Å²) in [6.07, 6.45) is -0.979. The van der Waals surface area contributed by atoms with Crippen LogP contribution in [0.1, 0.15) is 31.9 Å². The maximum atomic E-state index is 13.3. The Kier molecular flexibility index (Phi) is 7.54. The van der Waals surface area contributed by atoms with E-state index < -0.39 is 22.0 Å². The van der Waals surface area contributed by atoms with Gasteiger partial charge in [-0.05, 0) is 34.7 Å². The molecule has 1 atom stereocenters.